The molecule has 0 unspecified atom stereocenters. The molecule has 0 aliphatic heterocycles. The molecule has 0 aliphatic carbocycles. The summed E-state index contributed by atoms with van der Waals surface area (Å²) in [5.41, 5.74) is 8.64. The number of hydrogen-bond donors (Lipinski definition) is 1. The van der Waals surface area contributed by atoms with E-state index in [-0.39, 0.29) is 0 Å². The first-order valence-corrected chi connectivity index (χ1v) is 4.84. The van der Waals surface area contributed by atoms with Crippen LogP contribution in [0.2, 0.25) is 0 Å². The third kappa shape index (κ3) is 1.60. The van der Waals surface area contributed by atoms with Gasteiger partial charge in [0.2, 0.25) is 0 Å². The van der Waals surface area contributed by atoms with E-state index in [1.807, 2.05) is 18.4 Å². The van der Waals surface area contributed by atoms with Gasteiger partial charge in [-0.2, -0.15) is 5.26 Å². The Morgan fingerprint density at radius 3 is 2.36 bits per heavy atom. The van der Waals surface area contributed by atoms with Gasteiger partial charge in [-0.15, -0.1) is 0 Å². The minimum Gasteiger partial charge on any atom is -0.384 e. The van der Waals surface area contributed by atoms with Crippen LogP contribution in [0.15, 0.2) is 0 Å². The molecule has 0 radical (unpaired) electrons. The fourth-order valence-corrected chi connectivity index (χ4v) is 1.63. The molecule has 1 aromatic heterocycles. The van der Waals surface area contributed by atoms with Crippen LogP contribution in [-0.2, 0) is 6.54 Å². The lowest BCUT2D eigenvalue weighted by Crippen LogP contribution is -2.09. The van der Waals surface area contributed by atoms with Crippen LogP contribution < -0.4 is 5.73 Å². The van der Waals surface area contributed by atoms with Crippen molar-refractivity contribution in [3.05, 3.63) is 16.8 Å². The summed E-state index contributed by atoms with van der Waals surface area (Å²) >= 11 is 0. The lowest BCUT2D eigenvalue weighted by atomic mass is 10.2. The van der Waals surface area contributed by atoms with Gasteiger partial charge in [0.05, 0.1) is 5.56 Å². The van der Waals surface area contributed by atoms with E-state index in [1.165, 1.54) is 0 Å². The molecule has 0 bridgehead atoms. The van der Waals surface area contributed by atoms with Crippen molar-refractivity contribution in [1.29, 1.82) is 5.26 Å². The zero-order valence-electron chi connectivity index (χ0n) is 9.26. The van der Waals surface area contributed by atoms with Crippen LogP contribution >= 0.6 is 0 Å². The van der Waals surface area contributed by atoms with E-state index in [1.54, 1.807) is 0 Å². The smallest absolute Gasteiger partial charge is 0.122 e. The van der Waals surface area contributed by atoms with Crippen molar-refractivity contribution >= 4 is 5.82 Å². The Hall–Kier alpha value is -1.43. The predicted molar refractivity (Wildman–Crippen MR) is 57.9 cm³/mol. The van der Waals surface area contributed by atoms with E-state index < -0.39 is 0 Å². The molecule has 0 amide bonds. The zero-order valence-corrected chi connectivity index (χ0v) is 9.26. The van der Waals surface area contributed by atoms with Crippen molar-refractivity contribution in [2.75, 3.05) is 5.73 Å². The van der Waals surface area contributed by atoms with Crippen molar-refractivity contribution < 1.29 is 0 Å². The molecular formula is C11H17N3. The molecular weight excluding hydrogens is 174 g/mol. The average molecular weight is 191 g/mol. The number of hydrogen-bond acceptors (Lipinski definition) is 2. The first-order chi connectivity index (χ1) is 6.49. The van der Waals surface area contributed by atoms with Crippen molar-refractivity contribution in [1.82, 2.24) is 4.57 Å². The van der Waals surface area contributed by atoms with Crippen LogP contribution in [0.3, 0.4) is 0 Å². The summed E-state index contributed by atoms with van der Waals surface area (Å²) in [6.07, 6.45) is 0. The van der Waals surface area contributed by atoms with E-state index in [0.29, 0.717) is 17.3 Å². The highest BCUT2D eigenvalue weighted by Crippen LogP contribution is 2.24. The number of aromatic nitrogens is 1. The number of nitrogens with zero attached hydrogens (tertiary/aromatic N) is 2. The molecule has 0 saturated carbocycles. The van der Waals surface area contributed by atoms with Gasteiger partial charge in [0.15, 0.2) is 0 Å². The molecule has 14 heavy (non-hydrogen) atoms. The van der Waals surface area contributed by atoms with E-state index in [9.17, 15) is 0 Å². The highest BCUT2D eigenvalue weighted by molar-refractivity contribution is 5.57. The molecule has 2 N–H and O–H groups in total. The lowest BCUT2D eigenvalue weighted by molar-refractivity contribution is 0.521. The zero-order chi connectivity index (χ0) is 10.9. The van der Waals surface area contributed by atoms with Crippen molar-refractivity contribution in [2.45, 2.75) is 34.2 Å². The second-order valence-corrected chi connectivity index (χ2v) is 4.09. The molecule has 76 valence electrons. The minimum absolute atomic E-state index is 0.536. The monoisotopic (exact) mass is 191 g/mol. The number of nitrogens with two attached hydrogens (primary N) is 1. The van der Waals surface area contributed by atoms with E-state index in [4.69, 9.17) is 11.0 Å². The summed E-state index contributed by atoms with van der Waals surface area (Å²) in [6.45, 7) is 9.11. The maximum atomic E-state index is 8.93. The third-order valence-corrected chi connectivity index (χ3v) is 2.53. The fraction of sp³-hybridized carbons (Fsp3) is 0.545. The minimum atomic E-state index is 0.536. The molecule has 0 atom stereocenters. The van der Waals surface area contributed by atoms with E-state index in [0.717, 1.165) is 17.8 Å². The maximum absolute atomic E-state index is 8.93. The van der Waals surface area contributed by atoms with Gasteiger partial charge < -0.3 is 10.3 Å². The summed E-state index contributed by atoms with van der Waals surface area (Å²) < 4.78 is 2.03. The van der Waals surface area contributed by atoms with Gasteiger partial charge in [-0.1, -0.05) is 13.8 Å². The van der Waals surface area contributed by atoms with Gasteiger partial charge in [-0.25, -0.2) is 0 Å². The predicted octanol–water partition coefficient (Wildman–Crippen LogP) is 2.21. The highest BCUT2D eigenvalue weighted by Gasteiger charge is 2.15. The molecule has 1 heterocycles. The Bertz CT molecular complexity index is 380. The first-order valence-electron chi connectivity index (χ1n) is 4.84. The van der Waals surface area contributed by atoms with Crippen LogP contribution in [0.25, 0.3) is 0 Å². The Balaban J connectivity index is 3.25. The molecule has 1 aromatic rings. The van der Waals surface area contributed by atoms with Gasteiger partial charge in [-0.3, -0.25) is 0 Å². The van der Waals surface area contributed by atoms with Crippen molar-refractivity contribution in [2.24, 2.45) is 5.92 Å². The SMILES string of the molecule is Cc1c(C#N)c(N)n(CC(C)C)c1C. The quantitative estimate of drug-likeness (QED) is 0.779. The standard InChI is InChI=1S/C11H17N3/c1-7(2)6-14-9(4)8(3)10(5-12)11(14)13/h7H,6,13H2,1-4H3. The van der Waals surface area contributed by atoms with Crippen molar-refractivity contribution in [3.63, 3.8) is 0 Å². The molecule has 0 saturated heterocycles. The Labute approximate surface area is 85.1 Å². The second-order valence-electron chi connectivity index (χ2n) is 4.09. The summed E-state index contributed by atoms with van der Waals surface area (Å²) in [4.78, 5) is 0. The number of nitriles is 1. The topological polar surface area (TPSA) is 54.7 Å². The fourth-order valence-electron chi connectivity index (χ4n) is 1.63. The van der Waals surface area contributed by atoms with Crippen LogP contribution in [0.4, 0.5) is 5.82 Å². The third-order valence-electron chi connectivity index (χ3n) is 2.53. The van der Waals surface area contributed by atoms with Gasteiger partial charge >= 0.3 is 0 Å². The summed E-state index contributed by atoms with van der Waals surface area (Å²) in [5.74, 6) is 1.14. The van der Waals surface area contributed by atoms with Crippen LogP contribution in [0.1, 0.15) is 30.7 Å². The molecule has 0 fully saturated rings. The van der Waals surface area contributed by atoms with Gasteiger partial charge in [0.25, 0.3) is 0 Å². The van der Waals surface area contributed by atoms with Crippen molar-refractivity contribution in [3.8, 4) is 6.07 Å². The Kier molecular flexibility index (Phi) is 2.85. The largest absolute Gasteiger partial charge is 0.384 e. The summed E-state index contributed by atoms with van der Waals surface area (Å²) in [6, 6.07) is 2.15. The summed E-state index contributed by atoms with van der Waals surface area (Å²) in [5, 5.41) is 8.93. The van der Waals surface area contributed by atoms with E-state index in [2.05, 4.69) is 19.9 Å². The Morgan fingerprint density at radius 2 is 2.00 bits per heavy atom. The average Bonchev–Trinajstić information content (AvgIpc) is 2.30. The molecule has 3 heteroatoms. The summed E-state index contributed by atoms with van der Waals surface area (Å²) in [7, 11) is 0. The normalized spacial score (nSPS) is 10.6. The van der Waals surface area contributed by atoms with Gasteiger partial charge in [0, 0.05) is 12.2 Å². The van der Waals surface area contributed by atoms with E-state index >= 15 is 0 Å². The highest BCUT2D eigenvalue weighted by atomic mass is 15.1. The first kappa shape index (κ1) is 10.6. The van der Waals surface area contributed by atoms with Gasteiger partial charge in [-0.05, 0) is 25.3 Å². The van der Waals surface area contributed by atoms with Crippen LogP contribution in [0.5, 0.6) is 0 Å². The molecule has 0 aliphatic rings. The second kappa shape index (κ2) is 3.75. The number of nitrogen functional groups attached to an aromatic ring is 1. The lowest BCUT2D eigenvalue weighted by Gasteiger charge is -2.11. The van der Waals surface area contributed by atoms with Crippen LogP contribution in [-0.4, -0.2) is 4.57 Å². The molecule has 3 nitrogen and oxygen atoms in total. The molecule has 1 rings (SSSR count). The number of rotatable bonds is 2. The van der Waals surface area contributed by atoms with Gasteiger partial charge in [0.1, 0.15) is 11.9 Å². The van der Waals surface area contributed by atoms with Crippen LogP contribution in [0, 0.1) is 31.1 Å². The molecule has 0 spiro atoms. The Morgan fingerprint density at radius 1 is 1.43 bits per heavy atom. The number of anilines is 1. The molecule has 0 aromatic carbocycles. The maximum Gasteiger partial charge on any atom is 0.122 e.